The van der Waals surface area contributed by atoms with Crippen LogP contribution in [0.3, 0.4) is 0 Å². The maximum atomic E-state index is 10.8. The Morgan fingerprint density at radius 1 is 1.39 bits per heavy atom. The SMILES string of the molecule is CCCCC(CCO)Nc1nc(N)nc(CCC(=O)O)c1OC. The predicted octanol–water partition coefficient (Wildman–Crippen LogP) is 1.44. The zero-order valence-electron chi connectivity index (χ0n) is 13.7. The van der Waals surface area contributed by atoms with Gasteiger partial charge >= 0.3 is 5.97 Å². The van der Waals surface area contributed by atoms with E-state index < -0.39 is 5.97 Å². The summed E-state index contributed by atoms with van der Waals surface area (Å²) in [6.45, 7) is 2.17. The van der Waals surface area contributed by atoms with Gasteiger partial charge < -0.3 is 26.0 Å². The molecule has 5 N–H and O–H groups in total. The first-order valence-electron chi connectivity index (χ1n) is 7.81. The number of methoxy groups -OCH3 is 1. The summed E-state index contributed by atoms with van der Waals surface area (Å²) in [4.78, 5) is 19.0. The fraction of sp³-hybridized carbons (Fsp3) is 0.667. The molecule has 0 spiro atoms. The number of aromatic nitrogens is 2. The van der Waals surface area contributed by atoms with Crippen LogP contribution in [0.5, 0.6) is 5.75 Å². The van der Waals surface area contributed by atoms with Crippen LogP contribution >= 0.6 is 0 Å². The molecule has 0 aliphatic rings. The number of aliphatic hydroxyl groups is 1. The number of aryl methyl sites for hydroxylation is 1. The second-order valence-electron chi connectivity index (χ2n) is 5.30. The van der Waals surface area contributed by atoms with E-state index in [1.165, 1.54) is 7.11 Å². The lowest BCUT2D eigenvalue weighted by molar-refractivity contribution is -0.136. The number of nitrogens with zero attached hydrogens (tertiary/aromatic N) is 2. The molecule has 1 unspecified atom stereocenters. The highest BCUT2D eigenvalue weighted by Crippen LogP contribution is 2.29. The quantitative estimate of drug-likeness (QED) is 0.480. The number of hydrogen-bond acceptors (Lipinski definition) is 7. The molecular weight excluding hydrogens is 300 g/mol. The molecule has 1 aromatic rings. The molecule has 0 aromatic carbocycles. The standard InChI is InChI=1S/C15H26N4O4/c1-3-4-5-10(8-9-20)17-14-13(23-2)11(6-7-12(21)22)18-15(16)19-14/h10,20H,3-9H2,1-2H3,(H,21,22)(H3,16,17,18,19). The molecule has 1 rings (SSSR count). The van der Waals surface area contributed by atoms with Gasteiger partial charge in [-0.15, -0.1) is 0 Å². The molecule has 0 saturated heterocycles. The van der Waals surface area contributed by atoms with Crippen LogP contribution in [0.1, 0.15) is 44.7 Å². The van der Waals surface area contributed by atoms with E-state index in [0.717, 1.165) is 19.3 Å². The molecule has 1 atom stereocenters. The van der Waals surface area contributed by atoms with Crippen molar-refractivity contribution in [2.45, 2.75) is 51.5 Å². The fourth-order valence-electron chi connectivity index (χ4n) is 2.31. The molecule has 0 fully saturated rings. The molecule has 130 valence electrons. The number of carboxylic acid groups (broad SMARTS) is 1. The molecule has 8 nitrogen and oxygen atoms in total. The Morgan fingerprint density at radius 2 is 2.13 bits per heavy atom. The van der Waals surface area contributed by atoms with Crippen molar-refractivity contribution >= 4 is 17.7 Å². The number of aliphatic carboxylic acids is 1. The smallest absolute Gasteiger partial charge is 0.303 e. The third-order valence-corrected chi connectivity index (χ3v) is 3.46. The van der Waals surface area contributed by atoms with Gasteiger partial charge in [0.05, 0.1) is 19.2 Å². The van der Waals surface area contributed by atoms with Gasteiger partial charge in [-0.25, -0.2) is 4.98 Å². The first-order valence-corrected chi connectivity index (χ1v) is 7.81. The van der Waals surface area contributed by atoms with Crippen LogP contribution in [0.4, 0.5) is 11.8 Å². The number of hydrogen-bond donors (Lipinski definition) is 4. The van der Waals surface area contributed by atoms with Crippen LogP contribution in [-0.2, 0) is 11.2 Å². The topological polar surface area (TPSA) is 131 Å². The van der Waals surface area contributed by atoms with E-state index >= 15 is 0 Å². The lowest BCUT2D eigenvalue weighted by Crippen LogP contribution is -2.23. The minimum Gasteiger partial charge on any atom is -0.491 e. The summed E-state index contributed by atoms with van der Waals surface area (Å²) in [6, 6.07) is 0.0375. The van der Waals surface area contributed by atoms with Crippen LogP contribution in [-0.4, -0.2) is 45.9 Å². The van der Waals surface area contributed by atoms with Crippen molar-refractivity contribution in [1.29, 1.82) is 0 Å². The lowest BCUT2D eigenvalue weighted by atomic mass is 10.1. The molecule has 0 bridgehead atoms. The highest BCUT2D eigenvalue weighted by molar-refractivity contribution is 5.67. The average Bonchev–Trinajstić information content (AvgIpc) is 2.50. The molecule has 0 aliphatic carbocycles. The van der Waals surface area contributed by atoms with Gasteiger partial charge in [-0.1, -0.05) is 19.8 Å². The summed E-state index contributed by atoms with van der Waals surface area (Å²) in [5.74, 6) is -0.0124. The Labute approximate surface area is 136 Å². The van der Waals surface area contributed by atoms with E-state index in [0.29, 0.717) is 23.7 Å². The Balaban J connectivity index is 3.00. The van der Waals surface area contributed by atoms with Crippen LogP contribution in [0, 0.1) is 0 Å². The third kappa shape index (κ3) is 6.27. The minimum absolute atomic E-state index is 0.0375. The van der Waals surface area contributed by atoms with Crippen molar-refractivity contribution in [3.8, 4) is 5.75 Å². The third-order valence-electron chi connectivity index (χ3n) is 3.46. The van der Waals surface area contributed by atoms with Crippen molar-refractivity contribution in [2.24, 2.45) is 0 Å². The zero-order valence-corrected chi connectivity index (χ0v) is 13.7. The van der Waals surface area contributed by atoms with E-state index in [-0.39, 0.29) is 31.4 Å². The number of aliphatic hydroxyl groups excluding tert-OH is 1. The van der Waals surface area contributed by atoms with Gasteiger partial charge in [-0.2, -0.15) is 4.98 Å². The number of carbonyl (C=O) groups is 1. The van der Waals surface area contributed by atoms with Gasteiger partial charge in [-0.05, 0) is 12.8 Å². The summed E-state index contributed by atoms with van der Waals surface area (Å²) in [5.41, 5.74) is 6.19. The van der Waals surface area contributed by atoms with E-state index in [4.69, 9.17) is 15.6 Å². The van der Waals surface area contributed by atoms with E-state index in [2.05, 4.69) is 22.2 Å². The second kappa shape index (κ2) is 9.83. The molecule has 23 heavy (non-hydrogen) atoms. The summed E-state index contributed by atoms with van der Waals surface area (Å²) < 4.78 is 5.35. The van der Waals surface area contributed by atoms with Crippen LogP contribution < -0.4 is 15.8 Å². The largest absolute Gasteiger partial charge is 0.491 e. The average molecular weight is 326 g/mol. The number of anilines is 2. The number of nitrogens with two attached hydrogens (primary N) is 1. The van der Waals surface area contributed by atoms with Crippen LogP contribution in [0.25, 0.3) is 0 Å². The van der Waals surface area contributed by atoms with Gasteiger partial charge in [-0.3, -0.25) is 4.79 Å². The van der Waals surface area contributed by atoms with Crippen molar-refractivity contribution in [3.05, 3.63) is 5.69 Å². The molecule has 0 saturated carbocycles. The van der Waals surface area contributed by atoms with Gasteiger partial charge in [0.25, 0.3) is 0 Å². The summed E-state index contributed by atoms with van der Waals surface area (Å²) in [5, 5.41) is 21.3. The van der Waals surface area contributed by atoms with E-state index in [1.54, 1.807) is 0 Å². The Bertz CT molecular complexity index is 510. The highest BCUT2D eigenvalue weighted by atomic mass is 16.5. The predicted molar refractivity (Wildman–Crippen MR) is 87.6 cm³/mol. The monoisotopic (exact) mass is 326 g/mol. The van der Waals surface area contributed by atoms with Gasteiger partial charge in [0.2, 0.25) is 5.95 Å². The van der Waals surface area contributed by atoms with Crippen LogP contribution in [0.2, 0.25) is 0 Å². The summed E-state index contributed by atoms with van der Waals surface area (Å²) in [6.07, 6.45) is 3.68. The van der Waals surface area contributed by atoms with Crippen molar-refractivity contribution < 1.29 is 19.7 Å². The molecule has 0 amide bonds. The van der Waals surface area contributed by atoms with Gasteiger partial charge in [0.15, 0.2) is 11.6 Å². The maximum absolute atomic E-state index is 10.8. The van der Waals surface area contributed by atoms with E-state index in [9.17, 15) is 9.90 Å². The van der Waals surface area contributed by atoms with Crippen molar-refractivity contribution in [3.63, 3.8) is 0 Å². The van der Waals surface area contributed by atoms with Gasteiger partial charge in [0, 0.05) is 19.1 Å². The van der Waals surface area contributed by atoms with Gasteiger partial charge in [0.1, 0.15) is 0 Å². The minimum atomic E-state index is -0.917. The number of nitrogen functional groups attached to an aromatic ring is 1. The number of rotatable bonds is 11. The van der Waals surface area contributed by atoms with Crippen molar-refractivity contribution in [1.82, 2.24) is 9.97 Å². The van der Waals surface area contributed by atoms with E-state index in [1.807, 2.05) is 0 Å². The molecule has 1 heterocycles. The summed E-state index contributed by atoms with van der Waals surface area (Å²) in [7, 11) is 1.48. The molecular formula is C15H26N4O4. The molecule has 0 radical (unpaired) electrons. The Kier molecular flexibility index (Phi) is 8.10. The van der Waals surface area contributed by atoms with Crippen LogP contribution in [0.15, 0.2) is 0 Å². The Morgan fingerprint density at radius 3 is 2.70 bits per heavy atom. The second-order valence-corrected chi connectivity index (χ2v) is 5.30. The first-order chi connectivity index (χ1) is 11.0. The molecule has 8 heteroatoms. The fourth-order valence-corrected chi connectivity index (χ4v) is 2.31. The lowest BCUT2D eigenvalue weighted by Gasteiger charge is -2.21. The number of ether oxygens (including phenoxy) is 1. The maximum Gasteiger partial charge on any atom is 0.303 e. The zero-order chi connectivity index (χ0) is 17.2. The molecule has 0 aliphatic heterocycles. The molecule has 1 aromatic heterocycles. The summed E-state index contributed by atoms with van der Waals surface area (Å²) >= 11 is 0. The number of unbranched alkanes of at least 4 members (excludes halogenated alkanes) is 1. The first kappa shape index (κ1) is 19.0. The van der Waals surface area contributed by atoms with Crippen molar-refractivity contribution in [2.75, 3.05) is 24.8 Å². The number of carboxylic acids is 1. The Hall–Kier alpha value is -2.09. The normalized spacial score (nSPS) is 12.0. The highest BCUT2D eigenvalue weighted by Gasteiger charge is 2.18. The number of nitrogens with one attached hydrogen (secondary N) is 1.